The molecule has 0 atom stereocenters. The molecule has 0 aromatic carbocycles. The van der Waals surface area contributed by atoms with E-state index in [4.69, 9.17) is 4.52 Å². The largest absolute Gasteiger partial charge is 0.469 e. The highest BCUT2D eigenvalue weighted by molar-refractivity contribution is 5.71. The number of hydrogen-bond donors (Lipinski definition) is 0. The first-order valence-corrected chi connectivity index (χ1v) is 5.58. The lowest BCUT2D eigenvalue weighted by molar-refractivity contribution is -0.140. The monoisotopic (exact) mass is 247 g/mol. The van der Waals surface area contributed by atoms with Crippen LogP contribution in [0.1, 0.15) is 18.4 Å². The van der Waals surface area contributed by atoms with Gasteiger partial charge in [-0.15, -0.1) is 0 Å². The number of pyridine rings is 1. The molecule has 0 spiro atoms. The fraction of sp³-hybridized carbons (Fsp3) is 0.333. The normalized spacial score (nSPS) is 10.3. The van der Waals surface area contributed by atoms with Gasteiger partial charge in [0.05, 0.1) is 7.11 Å². The summed E-state index contributed by atoms with van der Waals surface area (Å²) in [4.78, 5) is 19.5. The molecule has 0 N–H and O–H groups in total. The number of aryl methyl sites for hydroxylation is 1. The van der Waals surface area contributed by atoms with E-state index in [0.717, 1.165) is 12.0 Å². The van der Waals surface area contributed by atoms with Gasteiger partial charge in [-0.1, -0.05) is 18.1 Å². The number of esters is 1. The molecule has 0 fully saturated rings. The van der Waals surface area contributed by atoms with Gasteiger partial charge in [0.25, 0.3) is 0 Å². The molecule has 2 heterocycles. The standard InChI is InChI=1S/C12H13N3O3/c1-3-8-5-4-6-13-11(8)12-14-9(18-15-12)7-10(16)17-2/h4-6H,3,7H2,1-2H3. The van der Waals surface area contributed by atoms with E-state index >= 15 is 0 Å². The van der Waals surface area contributed by atoms with Gasteiger partial charge in [-0.25, -0.2) is 0 Å². The Labute approximate surface area is 104 Å². The van der Waals surface area contributed by atoms with Crippen LogP contribution in [-0.4, -0.2) is 28.2 Å². The second-order valence-electron chi connectivity index (χ2n) is 3.63. The minimum Gasteiger partial charge on any atom is -0.469 e. The summed E-state index contributed by atoms with van der Waals surface area (Å²) in [6.07, 6.45) is 2.46. The number of methoxy groups -OCH3 is 1. The predicted molar refractivity (Wildman–Crippen MR) is 62.6 cm³/mol. The molecular weight excluding hydrogens is 234 g/mol. The quantitative estimate of drug-likeness (QED) is 0.760. The van der Waals surface area contributed by atoms with E-state index in [-0.39, 0.29) is 12.3 Å². The lowest BCUT2D eigenvalue weighted by Gasteiger charge is -2.00. The maximum absolute atomic E-state index is 11.1. The van der Waals surface area contributed by atoms with E-state index in [0.29, 0.717) is 11.5 Å². The van der Waals surface area contributed by atoms with Crippen LogP contribution < -0.4 is 0 Å². The van der Waals surface area contributed by atoms with Crippen molar-refractivity contribution in [2.45, 2.75) is 19.8 Å². The zero-order valence-electron chi connectivity index (χ0n) is 10.2. The van der Waals surface area contributed by atoms with Gasteiger partial charge in [0, 0.05) is 6.20 Å². The first-order valence-electron chi connectivity index (χ1n) is 5.58. The van der Waals surface area contributed by atoms with Crippen molar-refractivity contribution in [3.63, 3.8) is 0 Å². The van der Waals surface area contributed by atoms with Gasteiger partial charge < -0.3 is 9.26 Å². The van der Waals surface area contributed by atoms with E-state index in [1.807, 2.05) is 19.1 Å². The number of carbonyl (C=O) groups excluding carboxylic acids is 1. The summed E-state index contributed by atoms with van der Waals surface area (Å²) in [5.41, 5.74) is 1.71. The first kappa shape index (κ1) is 12.2. The van der Waals surface area contributed by atoms with Crippen LogP contribution in [0.3, 0.4) is 0 Å². The third kappa shape index (κ3) is 2.53. The Hall–Kier alpha value is -2.24. The molecule has 0 unspecified atom stereocenters. The van der Waals surface area contributed by atoms with Crippen molar-refractivity contribution in [3.8, 4) is 11.5 Å². The van der Waals surface area contributed by atoms with E-state index < -0.39 is 5.97 Å². The summed E-state index contributed by atoms with van der Waals surface area (Å²) in [6, 6.07) is 3.82. The fourth-order valence-electron chi connectivity index (χ4n) is 1.54. The Morgan fingerprint density at radius 1 is 1.50 bits per heavy atom. The van der Waals surface area contributed by atoms with Gasteiger partial charge in [-0.3, -0.25) is 9.78 Å². The lowest BCUT2D eigenvalue weighted by atomic mass is 10.1. The molecule has 0 bridgehead atoms. The number of nitrogens with zero attached hydrogens (tertiary/aromatic N) is 3. The van der Waals surface area contributed by atoms with E-state index in [1.54, 1.807) is 6.20 Å². The zero-order chi connectivity index (χ0) is 13.0. The van der Waals surface area contributed by atoms with Crippen molar-refractivity contribution < 1.29 is 14.1 Å². The number of ether oxygens (including phenoxy) is 1. The highest BCUT2D eigenvalue weighted by Gasteiger charge is 2.15. The Balaban J connectivity index is 2.26. The zero-order valence-corrected chi connectivity index (χ0v) is 10.2. The second kappa shape index (κ2) is 5.39. The SMILES string of the molecule is CCc1cccnc1-c1noc(CC(=O)OC)n1. The van der Waals surface area contributed by atoms with Crippen molar-refractivity contribution in [2.24, 2.45) is 0 Å². The Kier molecular flexibility index (Phi) is 3.66. The summed E-state index contributed by atoms with van der Waals surface area (Å²) >= 11 is 0. The molecule has 0 radical (unpaired) electrons. The highest BCUT2D eigenvalue weighted by atomic mass is 16.5. The number of carbonyl (C=O) groups is 1. The predicted octanol–water partition coefficient (Wildman–Crippen LogP) is 1.41. The van der Waals surface area contributed by atoms with Gasteiger partial charge in [-0.05, 0) is 18.1 Å². The van der Waals surface area contributed by atoms with Crippen LogP contribution in [0.25, 0.3) is 11.5 Å². The summed E-state index contributed by atoms with van der Waals surface area (Å²) in [5.74, 6) is 0.206. The molecule has 0 aliphatic rings. The molecule has 0 saturated heterocycles. The fourth-order valence-corrected chi connectivity index (χ4v) is 1.54. The van der Waals surface area contributed by atoms with Gasteiger partial charge >= 0.3 is 5.97 Å². The molecule has 0 saturated carbocycles. The average Bonchev–Trinajstić information content (AvgIpc) is 2.86. The minimum absolute atomic E-state index is 0.0300. The van der Waals surface area contributed by atoms with Crippen LogP contribution in [0.5, 0.6) is 0 Å². The number of rotatable bonds is 4. The minimum atomic E-state index is -0.415. The molecule has 2 aromatic heterocycles. The van der Waals surface area contributed by atoms with Gasteiger partial charge in [0.15, 0.2) is 0 Å². The lowest BCUT2D eigenvalue weighted by Crippen LogP contribution is -2.04. The second-order valence-corrected chi connectivity index (χ2v) is 3.63. The van der Waals surface area contributed by atoms with Crippen molar-refractivity contribution in [1.29, 1.82) is 0 Å². The Morgan fingerprint density at radius 2 is 2.33 bits per heavy atom. The van der Waals surface area contributed by atoms with Crippen LogP contribution in [0.4, 0.5) is 0 Å². The molecule has 2 aromatic rings. The van der Waals surface area contributed by atoms with Crippen molar-refractivity contribution in [1.82, 2.24) is 15.1 Å². The molecule has 0 amide bonds. The molecular formula is C12H13N3O3. The number of aromatic nitrogens is 3. The maximum atomic E-state index is 11.1. The maximum Gasteiger partial charge on any atom is 0.315 e. The van der Waals surface area contributed by atoms with Crippen LogP contribution in [0.15, 0.2) is 22.9 Å². The summed E-state index contributed by atoms with van der Waals surface area (Å²) in [5, 5.41) is 3.83. The van der Waals surface area contributed by atoms with Gasteiger partial charge in [0.1, 0.15) is 12.1 Å². The molecule has 0 aliphatic carbocycles. The topological polar surface area (TPSA) is 78.1 Å². The van der Waals surface area contributed by atoms with Crippen molar-refractivity contribution in [2.75, 3.05) is 7.11 Å². The molecule has 18 heavy (non-hydrogen) atoms. The third-order valence-electron chi connectivity index (χ3n) is 2.48. The Morgan fingerprint density at radius 3 is 3.06 bits per heavy atom. The molecule has 0 aliphatic heterocycles. The van der Waals surface area contributed by atoms with E-state index in [9.17, 15) is 4.79 Å². The average molecular weight is 247 g/mol. The Bertz CT molecular complexity index is 551. The summed E-state index contributed by atoms with van der Waals surface area (Å²) in [6.45, 7) is 2.02. The van der Waals surface area contributed by atoms with Crippen LogP contribution in [0, 0.1) is 0 Å². The van der Waals surface area contributed by atoms with Gasteiger partial charge in [-0.2, -0.15) is 4.98 Å². The van der Waals surface area contributed by atoms with E-state index in [2.05, 4.69) is 19.9 Å². The van der Waals surface area contributed by atoms with Crippen molar-refractivity contribution in [3.05, 3.63) is 29.8 Å². The molecule has 2 rings (SSSR count). The summed E-state index contributed by atoms with van der Waals surface area (Å²) in [7, 11) is 1.31. The molecule has 6 nitrogen and oxygen atoms in total. The van der Waals surface area contributed by atoms with Gasteiger partial charge in [0.2, 0.25) is 11.7 Å². The van der Waals surface area contributed by atoms with Crippen LogP contribution in [-0.2, 0) is 22.4 Å². The highest BCUT2D eigenvalue weighted by Crippen LogP contribution is 2.18. The number of hydrogen-bond acceptors (Lipinski definition) is 6. The molecule has 94 valence electrons. The van der Waals surface area contributed by atoms with Crippen LogP contribution in [0.2, 0.25) is 0 Å². The smallest absolute Gasteiger partial charge is 0.315 e. The first-order chi connectivity index (χ1) is 8.74. The van der Waals surface area contributed by atoms with Crippen LogP contribution >= 0.6 is 0 Å². The summed E-state index contributed by atoms with van der Waals surface area (Å²) < 4.78 is 9.52. The van der Waals surface area contributed by atoms with E-state index in [1.165, 1.54) is 7.11 Å². The van der Waals surface area contributed by atoms with Crippen molar-refractivity contribution >= 4 is 5.97 Å². The molecule has 6 heteroatoms. The third-order valence-corrected chi connectivity index (χ3v) is 2.48.